The molecule has 0 unspecified atom stereocenters. The molecule has 1 aromatic heterocycles. The van der Waals surface area contributed by atoms with Gasteiger partial charge in [-0.25, -0.2) is 4.98 Å². The molecule has 0 spiro atoms. The fourth-order valence-electron chi connectivity index (χ4n) is 1.55. The van der Waals surface area contributed by atoms with E-state index >= 15 is 0 Å². The third kappa shape index (κ3) is 3.19. The summed E-state index contributed by atoms with van der Waals surface area (Å²) < 4.78 is 5.55. The maximum atomic E-state index is 11.2. The molecular formula is C13H13N3O3. The number of oxime groups is 1. The van der Waals surface area contributed by atoms with Crippen molar-refractivity contribution >= 4 is 5.71 Å². The van der Waals surface area contributed by atoms with Gasteiger partial charge >= 0.3 is 6.01 Å². The average molecular weight is 259 g/mol. The van der Waals surface area contributed by atoms with Gasteiger partial charge in [-0.2, -0.15) is 0 Å². The SMILES string of the molecule is CO/N=C(/C)c1ccccc1Oc1nccc(=O)[nH]1. The molecule has 98 valence electrons. The fourth-order valence-corrected chi connectivity index (χ4v) is 1.55. The Kier molecular flexibility index (Phi) is 3.92. The number of nitrogens with one attached hydrogen (secondary N) is 1. The van der Waals surface area contributed by atoms with Crippen molar-refractivity contribution in [2.45, 2.75) is 6.92 Å². The molecule has 0 radical (unpaired) electrons. The van der Waals surface area contributed by atoms with Crippen LogP contribution in [0.25, 0.3) is 0 Å². The van der Waals surface area contributed by atoms with E-state index in [0.717, 1.165) is 5.56 Å². The molecule has 0 atom stereocenters. The van der Waals surface area contributed by atoms with E-state index in [0.29, 0.717) is 11.5 Å². The molecule has 0 saturated carbocycles. The zero-order valence-electron chi connectivity index (χ0n) is 10.6. The van der Waals surface area contributed by atoms with Crippen molar-refractivity contribution in [3.05, 3.63) is 52.4 Å². The monoisotopic (exact) mass is 259 g/mol. The quantitative estimate of drug-likeness (QED) is 0.672. The molecule has 0 amide bonds. The molecule has 0 aliphatic carbocycles. The molecule has 0 aliphatic heterocycles. The lowest BCUT2D eigenvalue weighted by Crippen LogP contribution is -2.07. The van der Waals surface area contributed by atoms with Crippen LogP contribution in [0.2, 0.25) is 0 Å². The Balaban J connectivity index is 2.35. The van der Waals surface area contributed by atoms with Gasteiger partial charge in [0.15, 0.2) is 0 Å². The third-order valence-corrected chi connectivity index (χ3v) is 2.36. The summed E-state index contributed by atoms with van der Waals surface area (Å²) in [6.45, 7) is 1.80. The molecule has 0 bridgehead atoms. The minimum Gasteiger partial charge on any atom is -0.425 e. The second kappa shape index (κ2) is 5.81. The van der Waals surface area contributed by atoms with Crippen LogP contribution in [0.15, 0.2) is 46.5 Å². The van der Waals surface area contributed by atoms with Crippen LogP contribution < -0.4 is 10.3 Å². The first-order valence-electron chi connectivity index (χ1n) is 5.61. The second-order valence-electron chi connectivity index (χ2n) is 3.70. The topological polar surface area (TPSA) is 76.6 Å². The number of hydrogen-bond acceptors (Lipinski definition) is 5. The minimum atomic E-state index is -0.273. The Hall–Kier alpha value is -2.63. The van der Waals surface area contributed by atoms with Crippen LogP contribution in [0.4, 0.5) is 0 Å². The summed E-state index contributed by atoms with van der Waals surface area (Å²) in [5.74, 6) is 0.537. The summed E-state index contributed by atoms with van der Waals surface area (Å²) in [6, 6.07) is 8.73. The number of H-pyrrole nitrogens is 1. The molecule has 2 rings (SSSR count). The number of rotatable bonds is 4. The highest BCUT2D eigenvalue weighted by atomic mass is 16.6. The molecule has 0 fully saturated rings. The van der Waals surface area contributed by atoms with E-state index in [9.17, 15) is 4.79 Å². The molecule has 0 saturated heterocycles. The van der Waals surface area contributed by atoms with Gasteiger partial charge in [-0.15, -0.1) is 0 Å². The van der Waals surface area contributed by atoms with Gasteiger partial charge in [-0.05, 0) is 19.1 Å². The first kappa shape index (κ1) is 12.8. The van der Waals surface area contributed by atoms with Crippen LogP contribution in [-0.2, 0) is 4.84 Å². The predicted octanol–water partition coefficient (Wildman–Crippen LogP) is 1.93. The first-order chi connectivity index (χ1) is 9.20. The van der Waals surface area contributed by atoms with Gasteiger partial charge in [-0.3, -0.25) is 9.78 Å². The molecule has 1 heterocycles. The van der Waals surface area contributed by atoms with Crippen molar-refractivity contribution in [3.63, 3.8) is 0 Å². The Labute approximate surface area is 109 Å². The van der Waals surface area contributed by atoms with Gasteiger partial charge in [0.2, 0.25) is 0 Å². The predicted molar refractivity (Wildman–Crippen MR) is 70.6 cm³/mol. The normalized spacial score (nSPS) is 11.2. The molecule has 1 aromatic carbocycles. The summed E-state index contributed by atoms with van der Waals surface area (Å²) in [5, 5.41) is 3.86. The van der Waals surface area contributed by atoms with Crippen LogP contribution in [0.5, 0.6) is 11.8 Å². The Morgan fingerprint density at radius 1 is 1.32 bits per heavy atom. The Bertz CT molecular complexity index is 649. The number of ether oxygens (including phenoxy) is 1. The van der Waals surface area contributed by atoms with Crippen molar-refractivity contribution < 1.29 is 9.57 Å². The molecule has 19 heavy (non-hydrogen) atoms. The lowest BCUT2D eigenvalue weighted by Gasteiger charge is -2.09. The van der Waals surface area contributed by atoms with E-state index in [2.05, 4.69) is 15.1 Å². The van der Waals surface area contributed by atoms with Gasteiger partial charge in [0.05, 0.1) is 5.71 Å². The van der Waals surface area contributed by atoms with Gasteiger partial charge in [0.25, 0.3) is 5.56 Å². The van der Waals surface area contributed by atoms with E-state index in [4.69, 9.17) is 9.57 Å². The molecule has 2 aromatic rings. The third-order valence-electron chi connectivity index (χ3n) is 2.36. The van der Waals surface area contributed by atoms with E-state index in [1.54, 1.807) is 13.0 Å². The van der Waals surface area contributed by atoms with Gasteiger partial charge in [-0.1, -0.05) is 17.3 Å². The van der Waals surface area contributed by atoms with E-state index in [1.807, 2.05) is 18.2 Å². The van der Waals surface area contributed by atoms with Crippen LogP contribution in [0.1, 0.15) is 12.5 Å². The van der Waals surface area contributed by atoms with E-state index in [-0.39, 0.29) is 11.6 Å². The zero-order valence-corrected chi connectivity index (χ0v) is 10.6. The van der Waals surface area contributed by atoms with Crippen molar-refractivity contribution in [2.75, 3.05) is 7.11 Å². The lowest BCUT2D eigenvalue weighted by molar-refractivity contribution is 0.213. The number of nitrogens with zero attached hydrogens (tertiary/aromatic N) is 2. The standard InChI is InChI=1S/C13H13N3O3/c1-9(16-18-2)10-5-3-4-6-11(10)19-13-14-8-7-12(17)15-13/h3-8H,1-2H3,(H,14,15,17)/b16-9-. The summed E-state index contributed by atoms with van der Waals surface area (Å²) in [5.41, 5.74) is 1.15. The summed E-state index contributed by atoms with van der Waals surface area (Å²) in [6.07, 6.45) is 1.38. The number of hydrogen-bond donors (Lipinski definition) is 1. The highest BCUT2D eigenvalue weighted by molar-refractivity contribution is 6.00. The Morgan fingerprint density at radius 3 is 2.84 bits per heavy atom. The van der Waals surface area contributed by atoms with Crippen molar-refractivity contribution in [1.82, 2.24) is 9.97 Å². The Morgan fingerprint density at radius 2 is 2.11 bits per heavy atom. The van der Waals surface area contributed by atoms with Gasteiger partial charge in [0, 0.05) is 17.8 Å². The molecule has 6 heteroatoms. The van der Waals surface area contributed by atoms with Crippen molar-refractivity contribution in [1.29, 1.82) is 0 Å². The number of aromatic nitrogens is 2. The minimum absolute atomic E-state index is 0.130. The average Bonchev–Trinajstić information content (AvgIpc) is 2.39. The maximum Gasteiger partial charge on any atom is 0.301 e. The zero-order chi connectivity index (χ0) is 13.7. The molecule has 0 aliphatic rings. The lowest BCUT2D eigenvalue weighted by atomic mass is 10.1. The number of aromatic amines is 1. The summed E-state index contributed by atoms with van der Waals surface area (Å²) in [4.78, 5) is 22.4. The van der Waals surface area contributed by atoms with Crippen LogP contribution >= 0.6 is 0 Å². The van der Waals surface area contributed by atoms with Crippen molar-refractivity contribution in [2.24, 2.45) is 5.16 Å². The largest absolute Gasteiger partial charge is 0.425 e. The van der Waals surface area contributed by atoms with E-state index in [1.165, 1.54) is 19.4 Å². The highest BCUT2D eigenvalue weighted by Gasteiger charge is 2.08. The smallest absolute Gasteiger partial charge is 0.301 e. The second-order valence-corrected chi connectivity index (χ2v) is 3.70. The highest BCUT2D eigenvalue weighted by Crippen LogP contribution is 2.22. The van der Waals surface area contributed by atoms with Gasteiger partial charge < -0.3 is 9.57 Å². The van der Waals surface area contributed by atoms with E-state index < -0.39 is 0 Å². The van der Waals surface area contributed by atoms with Crippen LogP contribution in [0, 0.1) is 0 Å². The maximum absolute atomic E-state index is 11.2. The van der Waals surface area contributed by atoms with Gasteiger partial charge in [0.1, 0.15) is 12.9 Å². The number of para-hydroxylation sites is 1. The fraction of sp³-hybridized carbons (Fsp3) is 0.154. The first-order valence-corrected chi connectivity index (χ1v) is 5.61. The number of benzene rings is 1. The molecule has 1 N–H and O–H groups in total. The van der Waals surface area contributed by atoms with Crippen LogP contribution in [0.3, 0.4) is 0 Å². The molecule has 6 nitrogen and oxygen atoms in total. The van der Waals surface area contributed by atoms with Crippen LogP contribution in [-0.4, -0.2) is 22.8 Å². The summed E-state index contributed by atoms with van der Waals surface area (Å²) in [7, 11) is 1.48. The molecular weight excluding hydrogens is 246 g/mol. The van der Waals surface area contributed by atoms with Crippen molar-refractivity contribution in [3.8, 4) is 11.8 Å². The summed E-state index contributed by atoms with van der Waals surface area (Å²) >= 11 is 0.